The fraction of sp³-hybridized carbons (Fsp3) is 0.455. The highest BCUT2D eigenvalue weighted by molar-refractivity contribution is 5.49. The summed E-state index contributed by atoms with van der Waals surface area (Å²) in [5, 5.41) is 8.82. The first-order valence-corrected chi connectivity index (χ1v) is 5.18. The SMILES string of the molecule is NC(CCO)c1c(F)ccc2c1OCCO2. The topological polar surface area (TPSA) is 64.7 Å². The van der Waals surface area contributed by atoms with Crippen molar-refractivity contribution in [3.8, 4) is 11.5 Å². The summed E-state index contributed by atoms with van der Waals surface area (Å²) in [6, 6.07) is 2.25. The van der Waals surface area contributed by atoms with Crippen molar-refractivity contribution in [3.05, 3.63) is 23.5 Å². The van der Waals surface area contributed by atoms with Crippen LogP contribution in [-0.4, -0.2) is 24.9 Å². The Morgan fingerprint density at radius 1 is 1.38 bits per heavy atom. The lowest BCUT2D eigenvalue weighted by atomic mass is 10.0. The summed E-state index contributed by atoms with van der Waals surface area (Å²) in [6.45, 7) is 0.744. The van der Waals surface area contributed by atoms with Crippen molar-refractivity contribution < 1.29 is 19.0 Å². The van der Waals surface area contributed by atoms with Gasteiger partial charge in [0, 0.05) is 12.6 Å². The van der Waals surface area contributed by atoms with Crippen LogP contribution in [0.4, 0.5) is 4.39 Å². The number of rotatable bonds is 3. The predicted molar refractivity (Wildman–Crippen MR) is 56.0 cm³/mol. The highest BCUT2D eigenvalue weighted by Crippen LogP contribution is 2.38. The predicted octanol–water partition coefficient (Wildman–Crippen LogP) is 0.979. The first-order valence-electron chi connectivity index (χ1n) is 5.18. The quantitative estimate of drug-likeness (QED) is 0.807. The second-order valence-corrected chi connectivity index (χ2v) is 3.60. The monoisotopic (exact) mass is 227 g/mol. The number of hydrogen-bond donors (Lipinski definition) is 2. The molecule has 0 spiro atoms. The molecule has 0 saturated heterocycles. The molecule has 2 rings (SSSR count). The smallest absolute Gasteiger partial charge is 0.169 e. The van der Waals surface area contributed by atoms with Crippen LogP contribution in [-0.2, 0) is 0 Å². The van der Waals surface area contributed by atoms with Crippen molar-refractivity contribution in [3.63, 3.8) is 0 Å². The molecule has 3 N–H and O–H groups in total. The standard InChI is InChI=1S/C11H14FNO3/c12-7-1-2-9-11(16-6-5-15-9)10(7)8(13)3-4-14/h1-2,8,14H,3-6,13H2. The molecule has 0 aliphatic carbocycles. The van der Waals surface area contributed by atoms with E-state index in [0.29, 0.717) is 24.7 Å². The number of aliphatic hydroxyl groups is 1. The zero-order valence-electron chi connectivity index (χ0n) is 8.78. The third-order valence-corrected chi connectivity index (χ3v) is 2.50. The average molecular weight is 227 g/mol. The number of ether oxygens (including phenoxy) is 2. The Balaban J connectivity index is 2.41. The molecule has 4 nitrogen and oxygen atoms in total. The molecule has 5 heteroatoms. The fourth-order valence-corrected chi connectivity index (χ4v) is 1.74. The van der Waals surface area contributed by atoms with Gasteiger partial charge in [0.05, 0.1) is 5.56 Å². The van der Waals surface area contributed by atoms with Gasteiger partial charge in [-0.25, -0.2) is 4.39 Å². The maximum absolute atomic E-state index is 13.7. The molecule has 0 radical (unpaired) electrons. The second kappa shape index (κ2) is 4.67. The summed E-state index contributed by atoms with van der Waals surface area (Å²) in [6.07, 6.45) is 0.288. The summed E-state index contributed by atoms with van der Waals surface area (Å²) in [5.74, 6) is 0.452. The van der Waals surface area contributed by atoms with E-state index in [0.717, 1.165) is 0 Å². The molecule has 1 unspecified atom stereocenters. The fourth-order valence-electron chi connectivity index (χ4n) is 1.74. The first kappa shape index (κ1) is 11.2. The molecule has 0 bridgehead atoms. The zero-order chi connectivity index (χ0) is 11.5. The number of nitrogens with two attached hydrogens (primary N) is 1. The van der Waals surface area contributed by atoms with Gasteiger partial charge < -0.3 is 20.3 Å². The van der Waals surface area contributed by atoms with Crippen molar-refractivity contribution in [2.24, 2.45) is 5.73 Å². The molecule has 16 heavy (non-hydrogen) atoms. The van der Waals surface area contributed by atoms with E-state index in [1.165, 1.54) is 12.1 Å². The number of benzene rings is 1. The van der Waals surface area contributed by atoms with Crippen LogP contribution in [0.1, 0.15) is 18.0 Å². The minimum Gasteiger partial charge on any atom is -0.486 e. The molecule has 0 aromatic heterocycles. The van der Waals surface area contributed by atoms with Gasteiger partial charge >= 0.3 is 0 Å². The van der Waals surface area contributed by atoms with Crippen molar-refractivity contribution in [1.29, 1.82) is 0 Å². The molecule has 0 amide bonds. The van der Waals surface area contributed by atoms with Crippen LogP contribution in [0.25, 0.3) is 0 Å². The third kappa shape index (κ3) is 1.96. The van der Waals surface area contributed by atoms with Crippen molar-refractivity contribution in [1.82, 2.24) is 0 Å². The van der Waals surface area contributed by atoms with Crippen molar-refractivity contribution >= 4 is 0 Å². The Bertz CT molecular complexity index is 384. The van der Waals surface area contributed by atoms with Crippen molar-refractivity contribution in [2.75, 3.05) is 19.8 Å². The molecule has 1 aliphatic heterocycles. The van der Waals surface area contributed by atoms with Crippen LogP contribution >= 0.6 is 0 Å². The Morgan fingerprint density at radius 3 is 2.88 bits per heavy atom. The van der Waals surface area contributed by atoms with E-state index in [2.05, 4.69) is 0 Å². The molecular weight excluding hydrogens is 213 g/mol. The lowest BCUT2D eigenvalue weighted by Gasteiger charge is -2.23. The lowest BCUT2D eigenvalue weighted by molar-refractivity contribution is 0.167. The number of hydrogen-bond acceptors (Lipinski definition) is 4. The minimum atomic E-state index is -0.582. The van der Waals surface area contributed by atoms with Gasteiger partial charge in [0.1, 0.15) is 19.0 Å². The summed E-state index contributed by atoms with van der Waals surface area (Å²) in [5.41, 5.74) is 6.08. The van der Waals surface area contributed by atoms with Crippen LogP contribution in [0.2, 0.25) is 0 Å². The molecule has 1 aliphatic rings. The number of aliphatic hydroxyl groups excluding tert-OH is 1. The van der Waals surface area contributed by atoms with E-state index < -0.39 is 11.9 Å². The van der Waals surface area contributed by atoms with E-state index >= 15 is 0 Å². The van der Waals surface area contributed by atoms with Crippen LogP contribution in [0, 0.1) is 5.82 Å². The van der Waals surface area contributed by atoms with Gasteiger partial charge in [0.25, 0.3) is 0 Å². The van der Waals surface area contributed by atoms with E-state index in [4.69, 9.17) is 20.3 Å². The van der Waals surface area contributed by atoms with Crippen LogP contribution in [0.3, 0.4) is 0 Å². The normalized spacial score (nSPS) is 15.9. The maximum Gasteiger partial charge on any atom is 0.169 e. The van der Waals surface area contributed by atoms with E-state index in [1.807, 2.05) is 0 Å². The van der Waals surface area contributed by atoms with Gasteiger partial charge in [0.2, 0.25) is 0 Å². The lowest BCUT2D eigenvalue weighted by Crippen LogP contribution is -2.21. The van der Waals surface area contributed by atoms with Gasteiger partial charge in [-0.15, -0.1) is 0 Å². The van der Waals surface area contributed by atoms with E-state index in [-0.39, 0.29) is 18.6 Å². The zero-order valence-corrected chi connectivity index (χ0v) is 8.78. The van der Waals surface area contributed by atoms with Gasteiger partial charge in [0.15, 0.2) is 11.5 Å². The summed E-state index contributed by atoms with van der Waals surface area (Å²) < 4.78 is 24.4. The maximum atomic E-state index is 13.7. The Labute approximate surface area is 92.8 Å². The molecule has 1 aromatic carbocycles. The average Bonchev–Trinajstić information content (AvgIpc) is 2.29. The van der Waals surface area contributed by atoms with Crippen molar-refractivity contribution in [2.45, 2.75) is 12.5 Å². The summed E-state index contributed by atoms with van der Waals surface area (Å²) in [4.78, 5) is 0. The van der Waals surface area contributed by atoms with Gasteiger partial charge in [-0.1, -0.05) is 0 Å². The van der Waals surface area contributed by atoms with E-state index in [9.17, 15) is 4.39 Å². The van der Waals surface area contributed by atoms with Gasteiger partial charge in [-0.2, -0.15) is 0 Å². The van der Waals surface area contributed by atoms with Gasteiger partial charge in [-0.3, -0.25) is 0 Å². The largest absolute Gasteiger partial charge is 0.486 e. The number of fused-ring (bicyclic) bond motifs is 1. The van der Waals surface area contributed by atoms with E-state index in [1.54, 1.807) is 0 Å². The summed E-state index contributed by atoms with van der Waals surface area (Å²) >= 11 is 0. The third-order valence-electron chi connectivity index (χ3n) is 2.50. The van der Waals surface area contributed by atoms with Crippen LogP contribution < -0.4 is 15.2 Å². The molecule has 1 heterocycles. The molecule has 0 fully saturated rings. The van der Waals surface area contributed by atoms with Crippen LogP contribution in [0.5, 0.6) is 11.5 Å². The van der Waals surface area contributed by atoms with Crippen LogP contribution in [0.15, 0.2) is 12.1 Å². The Kier molecular flexibility index (Phi) is 3.26. The van der Waals surface area contributed by atoms with Gasteiger partial charge in [-0.05, 0) is 18.6 Å². The Morgan fingerprint density at radius 2 is 2.12 bits per heavy atom. The highest BCUT2D eigenvalue weighted by Gasteiger charge is 2.23. The molecule has 88 valence electrons. The number of halogens is 1. The summed E-state index contributed by atoms with van der Waals surface area (Å²) in [7, 11) is 0. The molecular formula is C11H14FNO3. The molecule has 0 saturated carbocycles. The first-order chi connectivity index (χ1) is 7.74. The Hall–Kier alpha value is -1.33. The second-order valence-electron chi connectivity index (χ2n) is 3.60. The molecule has 1 atom stereocenters. The highest BCUT2D eigenvalue weighted by atomic mass is 19.1. The minimum absolute atomic E-state index is 0.0921. The molecule has 1 aromatic rings.